The molecule has 0 aromatic heterocycles. The Balaban J connectivity index is 2.20. The third kappa shape index (κ3) is 5.14. The number of hydrogen-bond donors (Lipinski definition) is 7. The van der Waals surface area contributed by atoms with Crippen molar-refractivity contribution < 1.29 is 49.6 Å². The molecule has 0 aliphatic carbocycles. The van der Waals surface area contributed by atoms with Crippen molar-refractivity contribution in [2.45, 2.75) is 74.3 Å². The van der Waals surface area contributed by atoms with Gasteiger partial charge >= 0.3 is 0 Å². The molecule has 11 nitrogen and oxygen atoms in total. The number of carbonyl (C=O) groups is 1. The first-order chi connectivity index (χ1) is 13.2. The highest BCUT2D eigenvalue weighted by molar-refractivity contribution is 7.99. The molecule has 7 N–H and O–H groups in total. The van der Waals surface area contributed by atoms with Gasteiger partial charge in [-0.05, 0) is 5.75 Å². The van der Waals surface area contributed by atoms with Crippen molar-refractivity contribution in [3.05, 3.63) is 0 Å². The number of aliphatic hydroxyl groups excluding tert-OH is 6. The summed E-state index contributed by atoms with van der Waals surface area (Å²) in [5.74, 6) is 0.229. The van der Waals surface area contributed by atoms with Crippen molar-refractivity contribution >= 4 is 17.7 Å². The van der Waals surface area contributed by atoms with Crippen LogP contribution in [0.25, 0.3) is 0 Å². The fourth-order valence-corrected chi connectivity index (χ4v) is 4.25. The molecule has 2 fully saturated rings. The van der Waals surface area contributed by atoms with Crippen LogP contribution in [-0.2, 0) is 19.0 Å². The van der Waals surface area contributed by atoms with Gasteiger partial charge in [0.05, 0.1) is 19.3 Å². The first kappa shape index (κ1) is 23.7. The molecule has 1 unspecified atom stereocenters. The molecule has 2 aliphatic heterocycles. The molecular formula is C16H29NO10S. The maximum Gasteiger partial charge on any atom is 0.217 e. The second-order valence-corrected chi connectivity index (χ2v) is 8.07. The quantitative estimate of drug-likeness (QED) is 0.214. The summed E-state index contributed by atoms with van der Waals surface area (Å²) in [5, 5.41) is 62.2. The highest BCUT2D eigenvalue weighted by atomic mass is 32.2. The van der Waals surface area contributed by atoms with Crippen LogP contribution in [0.3, 0.4) is 0 Å². The highest BCUT2D eigenvalue weighted by Gasteiger charge is 2.50. The lowest BCUT2D eigenvalue weighted by atomic mass is 9.96. The maximum atomic E-state index is 11.5. The van der Waals surface area contributed by atoms with E-state index in [0.717, 1.165) is 0 Å². The van der Waals surface area contributed by atoms with Crippen LogP contribution in [0, 0.1) is 0 Å². The highest BCUT2D eigenvalue weighted by Crippen LogP contribution is 2.32. The Hall–Kier alpha value is -0.540. The number of amides is 1. The van der Waals surface area contributed by atoms with Crippen LogP contribution in [0.1, 0.15) is 13.8 Å². The van der Waals surface area contributed by atoms with Gasteiger partial charge in [0.15, 0.2) is 6.29 Å². The van der Waals surface area contributed by atoms with E-state index >= 15 is 0 Å². The molecule has 1 amide bonds. The number of thioether (sulfide) groups is 1. The summed E-state index contributed by atoms with van der Waals surface area (Å²) in [7, 11) is 0. The van der Waals surface area contributed by atoms with Gasteiger partial charge in [0.2, 0.25) is 5.91 Å². The van der Waals surface area contributed by atoms with Gasteiger partial charge in [-0.15, -0.1) is 11.8 Å². The lowest BCUT2D eigenvalue weighted by molar-refractivity contribution is -0.333. The molecule has 2 rings (SSSR count). The fraction of sp³-hybridized carbons (Fsp3) is 0.938. The topological polar surface area (TPSA) is 178 Å². The zero-order valence-electron chi connectivity index (χ0n) is 15.6. The third-order valence-corrected chi connectivity index (χ3v) is 5.76. The molecule has 2 heterocycles. The summed E-state index contributed by atoms with van der Waals surface area (Å²) < 4.78 is 16.7. The first-order valence-corrected chi connectivity index (χ1v) is 10.1. The molecule has 2 saturated heterocycles. The summed E-state index contributed by atoms with van der Waals surface area (Å²) in [4.78, 5) is 11.5. The van der Waals surface area contributed by atoms with Crippen molar-refractivity contribution in [3.63, 3.8) is 0 Å². The smallest absolute Gasteiger partial charge is 0.217 e. The van der Waals surface area contributed by atoms with Gasteiger partial charge in [-0.25, -0.2) is 0 Å². The van der Waals surface area contributed by atoms with Crippen molar-refractivity contribution in [3.8, 4) is 0 Å². The number of aliphatic hydroxyl groups is 6. The standard InChI is InChI=1S/C16H29NO10S/c1-3-28-16-9(17-6(2)20)11(22)14(8(5-19)26-16)27-15-13(24)12(23)10(21)7(4-18)25-15/h7-16,18-19,21-24H,3-5H2,1-2H3,(H,17,20)/t7-,8-,9-,10-,11-,12+,13-,14?,15+,16+/m1/s1. The predicted molar refractivity (Wildman–Crippen MR) is 96.1 cm³/mol. The molecule has 28 heavy (non-hydrogen) atoms. The summed E-state index contributed by atoms with van der Waals surface area (Å²) in [6.07, 6.45) is -11.1. The molecule has 0 radical (unpaired) electrons. The van der Waals surface area contributed by atoms with Crippen molar-refractivity contribution in [1.29, 1.82) is 0 Å². The molecule has 0 bridgehead atoms. The predicted octanol–water partition coefficient (Wildman–Crippen LogP) is -3.49. The number of carbonyl (C=O) groups excluding carboxylic acids is 1. The molecule has 164 valence electrons. The second-order valence-electron chi connectivity index (χ2n) is 6.70. The Kier molecular flexibility index (Phi) is 8.88. The lowest BCUT2D eigenvalue weighted by Crippen LogP contribution is -2.66. The van der Waals surface area contributed by atoms with Gasteiger partial charge in [0.25, 0.3) is 0 Å². The van der Waals surface area contributed by atoms with Crippen molar-refractivity contribution in [1.82, 2.24) is 5.32 Å². The second kappa shape index (κ2) is 10.5. The average Bonchev–Trinajstić information content (AvgIpc) is 2.66. The molecular weight excluding hydrogens is 398 g/mol. The fourth-order valence-electron chi connectivity index (χ4n) is 3.26. The molecule has 12 heteroatoms. The van der Waals surface area contributed by atoms with E-state index in [1.807, 2.05) is 6.92 Å². The Labute approximate surface area is 166 Å². The van der Waals surface area contributed by atoms with Gasteiger partial charge in [-0.3, -0.25) is 4.79 Å². The lowest BCUT2D eigenvalue weighted by Gasteiger charge is -2.47. The Morgan fingerprint density at radius 2 is 1.64 bits per heavy atom. The van der Waals surface area contributed by atoms with E-state index in [2.05, 4.69) is 5.32 Å². The van der Waals surface area contributed by atoms with E-state index in [4.69, 9.17) is 14.2 Å². The molecule has 0 aromatic carbocycles. The first-order valence-electron chi connectivity index (χ1n) is 9.04. The van der Waals surface area contributed by atoms with Crippen LogP contribution < -0.4 is 5.32 Å². The molecule has 0 spiro atoms. The normalized spacial score (nSPS) is 44.3. The molecule has 2 aliphatic rings. The molecule has 0 aromatic rings. The molecule has 0 saturated carbocycles. The van der Waals surface area contributed by atoms with Gasteiger partial charge in [-0.1, -0.05) is 6.92 Å². The number of ether oxygens (including phenoxy) is 3. The molecule has 10 atom stereocenters. The van der Waals surface area contributed by atoms with Crippen LogP contribution in [-0.4, -0.2) is 116 Å². The minimum absolute atomic E-state index is 0.400. The van der Waals surface area contributed by atoms with Gasteiger partial charge < -0.3 is 50.2 Å². The number of hydrogen-bond acceptors (Lipinski definition) is 11. The van der Waals surface area contributed by atoms with Crippen LogP contribution in [0.2, 0.25) is 0 Å². The Morgan fingerprint density at radius 3 is 2.18 bits per heavy atom. The third-order valence-electron chi connectivity index (χ3n) is 4.69. The van der Waals surface area contributed by atoms with E-state index in [9.17, 15) is 35.4 Å². The minimum Gasteiger partial charge on any atom is -0.394 e. The SMILES string of the molecule is CCS[C@@H]1O[C@H](CO)C(O[C@@H]2O[C@H](CO)[C@@H](O)[C@H](O)[C@H]2O)[C@H](O)[C@H]1NC(C)=O. The minimum atomic E-state index is -1.67. The summed E-state index contributed by atoms with van der Waals surface area (Å²) in [5.41, 5.74) is -0.643. The van der Waals surface area contributed by atoms with Gasteiger partial charge in [0, 0.05) is 6.92 Å². The van der Waals surface area contributed by atoms with E-state index in [1.54, 1.807) is 0 Å². The van der Waals surface area contributed by atoms with Crippen LogP contribution in [0.15, 0.2) is 0 Å². The van der Waals surface area contributed by atoms with Crippen LogP contribution in [0.4, 0.5) is 0 Å². The number of rotatable bonds is 7. The zero-order valence-corrected chi connectivity index (χ0v) is 16.4. The van der Waals surface area contributed by atoms with Crippen molar-refractivity contribution in [2.75, 3.05) is 19.0 Å². The van der Waals surface area contributed by atoms with E-state index in [-0.39, 0.29) is 0 Å². The monoisotopic (exact) mass is 427 g/mol. The maximum absolute atomic E-state index is 11.5. The van der Waals surface area contributed by atoms with Crippen molar-refractivity contribution in [2.24, 2.45) is 0 Å². The zero-order chi connectivity index (χ0) is 21.0. The Bertz CT molecular complexity index is 512. The van der Waals surface area contributed by atoms with Crippen LogP contribution in [0.5, 0.6) is 0 Å². The van der Waals surface area contributed by atoms with Crippen LogP contribution >= 0.6 is 11.8 Å². The largest absolute Gasteiger partial charge is 0.394 e. The summed E-state index contributed by atoms with van der Waals surface area (Å²) in [6.45, 7) is 2.00. The van der Waals surface area contributed by atoms with E-state index < -0.39 is 79.6 Å². The summed E-state index contributed by atoms with van der Waals surface area (Å²) >= 11 is 1.33. The van der Waals surface area contributed by atoms with E-state index in [1.165, 1.54) is 18.7 Å². The van der Waals surface area contributed by atoms with Gasteiger partial charge in [0.1, 0.15) is 48.2 Å². The number of nitrogens with one attached hydrogen (secondary N) is 1. The van der Waals surface area contributed by atoms with Gasteiger partial charge in [-0.2, -0.15) is 0 Å². The van der Waals surface area contributed by atoms with E-state index in [0.29, 0.717) is 5.75 Å². The Morgan fingerprint density at radius 1 is 1.00 bits per heavy atom. The summed E-state index contributed by atoms with van der Waals surface area (Å²) in [6, 6.07) is -0.861. The average molecular weight is 427 g/mol.